The minimum atomic E-state index is -0.883. The molecular formula is C15H17F2N2O2+. The molecule has 112 valence electrons. The van der Waals surface area contributed by atoms with Gasteiger partial charge < -0.3 is 4.90 Å². The Kier molecular flexibility index (Phi) is 3.71. The predicted molar refractivity (Wildman–Crippen MR) is 71.8 cm³/mol. The Balaban J connectivity index is 1.86. The van der Waals surface area contributed by atoms with Crippen molar-refractivity contribution in [1.29, 1.82) is 0 Å². The van der Waals surface area contributed by atoms with Crippen LogP contribution >= 0.6 is 0 Å². The molecule has 0 spiro atoms. The fourth-order valence-corrected chi connectivity index (χ4v) is 3.22. The first kappa shape index (κ1) is 14.1. The van der Waals surface area contributed by atoms with Crippen LogP contribution in [0.2, 0.25) is 0 Å². The van der Waals surface area contributed by atoms with Gasteiger partial charge in [-0.05, 0) is 31.4 Å². The van der Waals surface area contributed by atoms with E-state index in [1.54, 1.807) is 0 Å². The molecule has 2 aliphatic heterocycles. The third-order valence-electron chi connectivity index (χ3n) is 4.29. The molecule has 0 aliphatic carbocycles. The van der Waals surface area contributed by atoms with E-state index >= 15 is 0 Å². The van der Waals surface area contributed by atoms with Crippen LogP contribution in [0.4, 0.5) is 14.5 Å². The number of anilines is 1. The monoisotopic (exact) mass is 295 g/mol. The van der Waals surface area contributed by atoms with Crippen molar-refractivity contribution in [3.63, 3.8) is 0 Å². The Bertz CT molecular complexity index is 585. The summed E-state index contributed by atoms with van der Waals surface area (Å²) in [5, 5.41) is 0. The molecule has 1 atom stereocenters. The normalized spacial score (nSPS) is 23.9. The Morgan fingerprint density at radius 3 is 2.48 bits per heavy atom. The molecule has 2 fully saturated rings. The molecule has 2 aliphatic rings. The summed E-state index contributed by atoms with van der Waals surface area (Å²) in [6.45, 7) is 1.73. The number of carbonyl (C=O) groups is 2. The summed E-state index contributed by atoms with van der Waals surface area (Å²) in [5.74, 6) is -2.39. The smallest absolute Gasteiger partial charge is 0.292 e. The lowest BCUT2D eigenvalue weighted by Crippen LogP contribution is -3.17. The van der Waals surface area contributed by atoms with Crippen LogP contribution in [0.15, 0.2) is 18.2 Å². The maximum Gasteiger partial charge on any atom is 0.292 e. The van der Waals surface area contributed by atoms with Gasteiger partial charge in [0, 0.05) is 6.07 Å². The zero-order chi connectivity index (χ0) is 15.0. The topological polar surface area (TPSA) is 41.8 Å². The predicted octanol–water partition coefficient (Wildman–Crippen LogP) is 0.665. The molecule has 0 bridgehead atoms. The third-order valence-corrected chi connectivity index (χ3v) is 4.29. The van der Waals surface area contributed by atoms with E-state index in [0.29, 0.717) is 6.07 Å². The zero-order valence-corrected chi connectivity index (χ0v) is 11.6. The summed E-state index contributed by atoms with van der Waals surface area (Å²) in [6.07, 6.45) is 3.33. The van der Waals surface area contributed by atoms with Crippen molar-refractivity contribution in [3.05, 3.63) is 29.8 Å². The first-order chi connectivity index (χ1) is 10.1. The number of quaternary nitrogens is 1. The molecule has 6 heteroatoms. The number of benzene rings is 1. The minimum Gasteiger partial charge on any atom is -0.324 e. The van der Waals surface area contributed by atoms with E-state index in [4.69, 9.17) is 0 Å². The number of piperidine rings is 1. The Morgan fingerprint density at radius 2 is 1.81 bits per heavy atom. The molecule has 21 heavy (non-hydrogen) atoms. The standard InChI is InChI=1S/C15H16F2N2O2/c16-10-4-5-12(11(17)8-10)19-14(20)9-13(15(19)21)18-6-2-1-3-7-18/h4-5,8,13H,1-3,6-7,9H2/p+1/t13-/m1/s1. The van der Waals surface area contributed by atoms with Gasteiger partial charge in [-0.25, -0.2) is 13.7 Å². The lowest BCUT2D eigenvalue weighted by Gasteiger charge is -2.27. The first-order valence-electron chi connectivity index (χ1n) is 7.24. The second kappa shape index (κ2) is 5.52. The summed E-state index contributed by atoms with van der Waals surface area (Å²) in [6, 6.07) is 2.47. The largest absolute Gasteiger partial charge is 0.324 e. The van der Waals surface area contributed by atoms with Crippen molar-refractivity contribution < 1.29 is 23.3 Å². The van der Waals surface area contributed by atoms with Crippen LogP contribution in [0, 0.1) is 11.6 Å². The molecule has 0 unspecified atom stereocenters. The van der Waals surface area contributed by atoms with E-state index in [1.165, 1.54) is 0 Å². The van der Waals surface area contributed by atoms with Crippen LogP contribution in [0.1, 0.15) is 25.7 Å². The molecule has 1 aromatic carbocycles. The number of amides is 2. The molecule has 0 aromatic heterocycles. The highest BCUT2D eigenvalue weighted by molar-refractivity contribution is 6.21. The minimum absolute atomic E-state index is 0.102. The number of likely N-dealkylation sites (tertiary alicyclic amines) is 1. The van der Waals surface area contributed by atoms with Crippen molar-refractivity contribution >= 4 is 17.5 Å². The third kappa shape index (κ3) is 2.55. The Hall–Kier alpha value is -1.82. The highest BCUT2D eigenvalue weighted by Gasteiger charge is 2.46. The molecule has 2 saturated heterocycles. The van der Waals surface area contributed by atoms with Gasteiger partial charge in [-0.2, -0.15) is 0 Å². The van der Waals surface area contributed by atoms with Gasteiger partial charge >= 0.3 is 0 Å². The van der Waals surface area contributed by atoms with Crippen LogP contribution < -0.4 is 9.80 Å². The molecule has 1 aromatic rings. The quantitative estimate of drug-likeness (QED) is 0.815. The number of nitrogens with one attached hydrogen (secondary N) is 1. The van der Waals surface area contributed by atoms with E-state index < -0.39 is 23.6 Å². The van der Waals surface area contributed by atoms with Crippen molar-refractivity contribution in [2.45, 2.75) is 31.7 Å². The Labute approximate surface area is 121 Å². The summed E-state index contributed by atoms with van der Waals surface area (Å²) in [4.78, 5) is 26.6. The van der Waals surface area contributed by atoms with Crippen molar-refractivity contribution in [2.24, 2.45) is 0 Å². The average Bonchev–Trinajstić information content (AvgIpc) is 2.76. The summed E-state index contributed by atoms with van der Waals surface area (Å²) in [7, 11) is 0. The number of rotatable bonds is 2. The molecule has 2 amide bonds. The lowest BCUT2D eigenvalue weighted by molar-refractivity contribution is -0.919. The SMILES string of the molecule is O=C1C[C@@H]([NH+]2CCCCC2)C(=O)N1c1ccc(F)cc1F. The van der Waals surface area contributed by atoms with E-state index in [2.05, 4.69) is 0 Å². The number of hydrogen-bond acceptors (Lipinski definition) is 2. The highest BCUT2D eigenvalue weighted by Crippen LogP contribution is 2.25. The summed E-state index contributed by atoms with van der Waals surface area (Å²) in [5.41, 5.74) is -0.148. The van der Waals surface area contributed by atoms with Crippen molar-refractivity contribution in [3.8, 4) is 0 Å². The van der Waals surface area contributed by atoms with Crippen LogP contribution in [0.3, 0.4) is 0 Å². The van der Waals surface area contributed by atoms with Gasteiger partial charge in [0.1, 0.15) is 11.6 Å². The van der Waals surface area contributed by atoms with Gasteiger partial charge in [0.2, 0.25) is 5.91 Å². The van der Waals surface area contributed by atoms with E-state index in [-0.39, 0.29) is 18.0 Å². The highest BCUT2D eigenvalue weighted by atomic mass is 19.1. The molecule has 2 heterocycles. The maximum absolute atomic E-state index is 13.8. The van der Waals surface area contributed by atoms with Crippen molar-refractivity contribution in [2.75, 3.05) is 18.0 Å². The number of hydrogen-bond donors (Lipinski definition) is 1. The average molecular weight is 295 g/mol. The Morgan fingerprint density at radius 1 is 1.10 bits per heavy atom. The maximum atomic E-state index is 13.8. The van der Waals surface area contributed by atoms with Gasteiger partial charge in [0.25, 0.3) is 5.91 Å². The van der Waals surface area contributed by atoms with E-state index in [9.17, 15) is 18.4 Å². The first-order valence-corrected chi connectivity index (χ1v) is 7.24. The molecular weight excluding hydrogens is 278 g/mol. The van der Waals surface area contributed by atoms with Crippen LogP contribution in [-0.2, 0) is 9.59 Å². The molecule has 0 radical (unpaired) electrons. The molecule has 3 rings (SSSR count). The molecule has 4 nitrogen and oxygen atoms in total. The van der Waals surface area contributed by atoms with Gasteiger partial charge in [-0.15, -0.1) is 0 Å². The summed E-state index contributed by atoms with van der Waals surface area (Å²) < 4.78 is 26.8. The summed E-state index contributed by atoms with van der Waals surface area (Å²) >= 11 is 0. The van der Waals surface area contributed by atoms with Gasteiger partial charge in [0.05, 0.1) is 25.2 Å². The van der Waals surface area contributed by atoms with Crippen LogP contribution in [0.5, 0.6) is 0 Å². The molecule has 0 saturated carbocycles. The van der Waals surface area contributed by atoms with Crippen molar-refractivity contribution in [1.82, 2.24) is 0 Å². The fourth-order valence-electron chi connectivity index (χ4n) is 3.22. The molecule has 1 N–H and O–H groups in total. The van der Waals surface area contributed by atoms with Crippen LogP contribution in [-0.4, -0.2) is 30.9 Å². The van der Waals surface area contributed by atoms with E-state index in [0.717, 1.165) is 54.3 Å². The second-order valence-electron chi connectivity index (χ2n) is 5.64. The van der Waals surface area contributed by atoms with Gasteiger partial charge in [0.15, 0.2) is 6.04 Å². The number of carbonyl (C=O) groups excluding carboxylic acids is 2. The second-order valence-corrected chi connectivity index (χ2v) is 5.64. The number of imide groups is 1. The fraction of sp³-hybridized carbons (Fsp3) is 0.467. The van der Waals surface area contributed by atoms with Gasteiger partial charge in [-0.3, -0.25) is 9.59 Å². The number of halogens is 2. The van der Waals surface area contributed by atoms with Gasteiger partial charge in [-0.1, -0.05) is 0 Å². The zero-order valence-electron chi connectivity index (χ0n) is 11.6. The lowest BCUT2D eigenvalue weighted by atomic mass is 10.1. The number of nitrogens with zero attached hydrogens (tertiary/aromatic N) is 1. The van der Waals surface area contributed by atoms with E-state index in [1.807, 2.05) is 0 Å². The van der Waals surface area contributed by atoms with Crippen LogP contribution in [0.25, 0.3) is 0 Å².